The number of piperidine rings is 1. The number of carbonyl (C=O) groups is 1. The summed E-state index contributed by atoms with van der Waals surface area (Å²) in [7, 11) is 0. The highest BCUT2D eigenvalue weighted by atomic mass is 16.5. The van der Waals surface area contributed by atoms with Crippen LogP contribution in [-0.2, 0) is 9.53 Å². The number of esters is 1. The van der Waals surface area contributed by atoms with E-state index in [1.54, 1.807) is 0 Å². The molecular formula is C13H26N2O2. The first kappa shape index (κ1) is 14.5. The Morgan fingerprint density at radius 3 is 3.00 bits per heavy atom. The first-order chi connectivity index (χ1) is 8.27. The Balaban J connectivity index is 2.21. The van der Waals surface area contributed by atoms with Crippen LogP contribution < -0.4 is 5.32 Å². The van der Waals surface area contributed by atoms with Gasteiger partial charge in [-0.15, -0.1) is 0 Å². The van der Waals surface area contributed by atoms with Crippen molar-refractivity contribution in [1.29, 1.82) is 0 Å². The van der Waals surface area contributed by atoms with Gasteiger partial charge >= 0.3 is 5.97 Å². The van der Waals surface area contributed by atoms with Gasteiger partial charge in [0, 0.05) is 6.54 Å². The Bertz CT molecular complexity index is 221. The Labute approximate surface area is 105 Å². The molecule has 1 rings (SSSR count). The summed E-state index contributed by atoms with van der Waals surface area (Å²) in [5, 5.41) is 3.32. The van der Waals surface area contributed by atoms with Crippen LogP contribution in [0.5, 0.6) is 0 Å². The molecule has 0 saturated carbocycles. The molecule has 1 fully saturated rings. The zero-order valence-corrected chi connectivity index (χ0v) is 11.2. The number of nitrogens with zero attached hydrogens (tertiary/aromatic N) is 1. The molecule has 1 aliphatic heterocycles. The van der Waals surface area contributed by atoms with Gasteiger partial charge in [0.15, 0.2) is 0 Å². The van der Waals surface area contributed by atoms with Crippen LogP contribution in [0.25, 0.3) is 0 Å². The molecule has 1 atom stereocenters. The molecule has 1 unspecified atom stereocenters. The number of hydrogen-bond donors (Lipinski definition) is 1. The first-order valence-electron chi connectivity index (χ1n) is 6.87. The van der Waals surface area contributed by atoms with Crippen molar-refractivity contribution in [3.63, 3.8) is 0 Å². The van der Waals surface area contributed by atoms with Crippen LogP contribution in [0, 0.1) is 5.92 Å². The number of rotatable bonds is 7. The van der Waals surface area contributed by atoms with Gasteiger partial charge in [-0.1, -0.05) is 6.92 Å². The van der Waals surface area contributed by atoms with Crippen LogP contribution in [0.3, 0.4) is 0 Å². The summed E-state index contributed by atoms with van der Waals surface area (Å²) in [4.78, 5) is 14.1. The number of hydrogen-bond acceptors (Lipinski definition) is 4. The second-order valence-corrected chi connectivity index (χ2v) is 4.60. The summed E-state index contributed by atoms with van der Waals surface area (Å²) in [5.74, 6) is 0.0896. The van der Waals surface area contributed by atoms with Gasteiger partial charge in [-0.3, -0.25) is 4.79 Å². The van der Waals surface area contributed by atoms with E-state index in [1.807, 2.05) is 6.92 Å². The molecular weight excluding hydrogens is 216 g/mol. The Morgan fingerprint density at radius 2 is 2.29 bits per heavy atom. The lowest BCUT2D eigenvalue weighted by molar-refractivity contribution is -0.149. The summed E-state index contributed by atoms with van der Waals surface area (Å²) in [5.41, 5.74) is 0. The first-order valence-corrected chi connectivity index (χ1v) is 6.87. The number of likely N-dealkylation sites (tertiary alicyclic amines) is 1. The summed E-state index contributed by atoms with van der Waals surface area (Å²) < 4.78 is 5.09. The highest BCUT2D eigenvalue weighted by Crippen LogP contribution is 2.17. The molecule has 0 aromatic heterocycles. The van der Waals surface area contributed by atoms with Gasteiger partial charge in [0.2, 0.25) is 0 Å². The third-order valence-corrected chi connectivity index (χ3v) is 3.20. The van der Waals surface area contributed by atoms with Crippen molar-refractivity contribution in [3.05, 3.63) is 0 Å². The lowest BCUT2D eigenvalue weighted by Gasteiger charge is -2.31. The Kier molecular flexibility index (Phi) is 7.21. The predicted octanol–water partition coefficient (Wildman–Crippen LogP) is 1.26. The van der Waals surface area contributed by atoms with E-state index < -0.39 is 0 Å². The fourth-order valence-corrected chi connectivity index (χ4v) is 2.32. The fourth-order valence-electron chi connectivity index (χ4n) is 2.32. The quantitative estimate of drug-likeness (QED) is 0.539. The molecule has 4 nitrogen and oxygen atoms in total. The number of ether oxygens (including phenoxy) is 1. The molecule has 4 heteroatoms. The van der Waals surface area contributed by atoms with Gasteiger partial charge in [0.1, 0.15) is 0 Å². The summed E-state index contributed by atoms with van der Waals surface area (Å²) >= 11 is 0. The van der Waals surface area contributed by atoms with E-state index in [2.05, 4.69) is 17.1 Å². The van der Waals surface area contributed by atoms with E-state index in [1.165, 1.54) is 0 Å². The lowest BCUT2D eigenvalue weighted by atomic mass is 9.98. The van der Waals surface area contributed by atoms with Crippen LogP contribution in [0.2, 0.25) is 0 Å². The topological polar surface area (TPSA) is 41.6 Å². The van der Waals surface area contributed by atoms with E-state index in [0.29, 0.717) is 6.61 Å². The number of carbonyl (C=O) groups excluding carboxylic acids is 1. The van der Waals surface area contributed by atoms with Crippen molar-refractivity contribution >= 4 is 5.97 Å². The van der Waals surface area contributed by atoms with Crippen LogP contribution in [0.1, 0.15) is 33.1 Å². The average Bonchev–Trinajstić information content (AvgIpc) is 2.35. The molecule has 0 aromatic rings. The molecule has 1 heterocycles. The minimum absolute atomic E-state index is 0.0103. The van der Waals surface area contributed by atoms with Gasteiger partial charge in [0.25, 0.3) is 0 Å². The minimum Gasteiger partial charge on any atom is -0.466 e. The fraction of sp³-hybridized carbons (Fsp3) is 0.923. The molecule has 100 valence electrons. The van der Waals surface area contributed by atoms with Gasteiger partial charge in [-0.05, 0) is 52.4 Å². The van der Waals surface area contributed by atoms with Crippen molar-refractivity contribution in [2.75, 3.05) is 39.3 Å². The van der Waals surface area contributed by atoms with Crippen molar-refractivity contribution in [3.8, 4) is 0 Å². The molecule has 1 N–H and O–H groups in total. The molecule has 0 radical (unpaired) electrons. The molecule has 0 amide bonds. The maximum atomic E-state index is 11.7. The third-order valence-electron chi connectivity index (χ3n) is 3.20. The van der Waals surface area contributed by atoms with Gasteiger partial charge < -0.3 is 15.0 Å². The van der Waals surface area contributed by atoms with Gasteiger partial charge in [-0.2, -0.15) is 0 Å². The zero-order chi connectivity index (χ0) is 12.5. The van der Waals surface area contributed by atoms with Crippen molar-refractivity contribution < 1.29 is 9.53 Å². The molecule has 0 spiro atoms. The minimum atomic E-state index is -0.0103. The second-order valence-electron chi connectivity index (χ2n) is 4.60. The summed E-state index contributed by atoms with van der Waals surface area (Å²) in [6.07, 6.45) is 3.26. The summed E-state index contributed by atoms with van der Waals surface area (Å²) in [6, 6.07) is 0. The number of nitrogens with one attached hydrogen (secondary N) is 1. The second kappa shape index (κ2) is 8.48. The van der Waals surface area contributed by atoms with E-state index >= 15 is 0 Å². The van der Waals surface area contributed by atoms with Gasteiger partial charge in [-0.25, -0.2) is 0 Å². The van der Waals surface area contributed by atoms with Crippen LogP contribution in [0.4, 0.5) is 0 Å². The lowest BCUT2D eigenvalue weighted by Crippen LogP contribution is -2.40. The summed E-state index contributed by atoms with van der Waals surface area (Å²) in [6.45, 7) is 9.68. The Morgan fingerprint density at radius 1 is 1.47 bits per heavy atom. The standard InChI is InChI=1S/C13H26N2O2/c1-3-14-8-6-10-15-9-5-7-12(11-15)13(16)17-4-2/h12,14H,3-11H2,1-2H3. The SMILES string of the molecule is CCNCCCN1CCCC(C(=O)OCC)C1. The highest BCUT2D eigenvalue weighted by Gasteiger charge is 2.26. The molecule has 1 saturated heterocycles. The van der Waals surface area contributed by atoms with Crippen molar-refractivity contribution in [2.45, 2.75) is 33.1 Å². The van der Waals surface area contributed by atoms with E-state index in [0.717, 1.165) is 52.0 Å². The zero-order valence-electron chi connectivity index (χ0n) is 11.2. The normalized spacial score (nSPS) is 21.4. The maximum Gasteiger partial charge on any atom is 0.310 e. The maximum absolute atomic E-state index is 11.7. The largest absolute Gasteiger partial charge is 0.466 e. The van der Waals surface area contributed by atoms with Crippen LogP contribution in [0.15, 0.2) is 0 Å². The van der Waals surface area contributed by atoms with Crippen LogP contribution >= 0.6 is 0 Å². The monoisotopic (exact) mass is 242 g/mol. The van der Waals surface area contributed by atoms with Crippen molar-refractivity contribution in [2.24, 2.45) is 5.92 Å². The smallest absolute Gasteiger partial charge is 0.310 e. The van der Waals surface area contributed by atoms with E-state index in [4.69, 9.17) is 4.74 Å². The highest BCUT2D eigenvalue weighted by molar-refractivity contribution is 5.72. The van der Waals surface area contributed by atoms with Crippen molar-refractivity contribution in [1.82, 2.24) is 10.2 Å². The van der Waals surface area contributed by atoms with E-state index in [-0.39, 0.29) is 11.9 Å². The Hall–Kier alpha value is -0.610. The molecule has 0 aromatic carbocycles. The third kappa shape index (κ3) is 5.50. The van der Waals surface area contributed by atoms with Crippen LogP contribution in [-0.4, -0.2) is 50.2 Å². The molecule has 1 aliphatic rings. The molecule has 17 heavy (non-hydrogen) atoms. The molecule has 0 aliphatic carbocycles. The average molecular weight is 242 g/mol. The predicted molar refractivity (Wildman–Crippen MR) is 69.0 cm³/mol. The van der Waals surface area contributed by atoms with Gasteiger partial charge in [0.05, 0.1) is 12.5 Å². The molecule has 0 bridgehead atoms. The van der Waals surface area contributed by atoms with E-state index in [9.17, 15) is 4.79 Å².